The van der Waals surface area contributed by atoms with Crippen LogP contribution in [0.3, 0.4) is 0 Å². The maximum atomic E-state index is 13.4. The van der Waals surface area contributed by atoms with Crippen LogP contribution < -0.4 is 10.6 Å². The van der Waals surface area contributed by atoms with Gasteiger partial charge in [-0.15, -0.1) is 45.3 Å². The monoisotopic (exact) mass is 763 g/mol. The summed E-state index contributed by atoms with van der Waals surface area (Å²) in [7, 11) is -5.66. The molecule has 4 aromatic rings. The molecule has 5 heterocycles. The lowest BCUT2D eigenvalue weighted by Gasteiger charge is -2.33. The number of thiophene rings is 1. The van der Waals surface area contributed by atoms with Crippen molar-refractivity contribution in [3.8, 4) is 19.6 Å². The third-order valence-corrected chi connectivity index (χ3v) is 22.8. The minimum atomic E-state index is -3.41. The highest BCUT2D eigenvalue weighted by Crippen LogP contribution is 2.49. The molecule has 0 saturated heterocycles. The number of sulfone groups is 1. The summed E-state index contributed by atoms with van der Waals surface area (Å²) >= 11 is 6.83. The Hall–Kier alpha value is -0.983. The van der Waals surface area contributed by atoms with Crippen LogP contribution >= 0.6 is 45.3 Å². The van der Waals surface area contributed by atoms with Crippen molar-refractivity contribution in [2.24, 2.45) is 11.8 Å². The molecule has 5 nitrogen and oxygen atoms in total. The third-order valence-electron chi connectivity index (χ3n) is 10.5. The highest BCUT2D eigenvalue weighted by molar-refractivity contribution is 7.93. The lowest BCUT2D eigenvalue weighted by Crippen LogP contribution is -2.58. The maximum Gasteiger partial charge on any atom is 0.210 e. The number of fused-ring (bicyclic) bond motifs is 4. The number of thiazole rings is 3. The smallest absolute Gasteiger partial charge is 0.210 e. The summed E-state index contributed by atoms with van der Waals surface area (Å²) in [6.45, 7) is 15.9. The molecule has 0 aromatic carbocycles. The SMILES string of the molecule is CCCCCCCCS(=O)(=O)c1nc2c(C)sc(-c3nc4c(s3)-c3sc(C)nc3[Si]4(CC(CC)CCCC)CC(CC)CCCC)c2s1. The molecule has 5 rings (SSSR count). The van der Waals surface area contributed by atoms with Gasteiger partial charge in [-0.3, -0.25) is 4.98 Å². The molecule has 1 aliphatic rings. The van der Waals surface area contributed by atoms with Crippen LogP contribution in [-0.2, 0) is 9.84 Å². The fraction of sp³-hybridized carbons (Fsp3) is 0.703. The first-order chi connectivity index (χ1) is 23.1. The van der Waals surface area contributed by atoms with Crippen LogP contribution in [0.4, 0.5) is 0 Å². The van der Waals surface area contributed by atoms with Gasteiger partial charge in [0, 0.05) is 4.88 Å². The van der Waals surface area contributed by atoms with Crippen LogP contribution in [0.15, 0.2) is 4.34 Å². The molecule has 0 radical (unpaired) electrons. The first-order valence-corrected chi connectivity index (χ1v) is 26.1. The summed E-state index contributed by atoms with van der Waals surface area (Å²) in [5, 5.41) is 5.06. The molecule has 2 atom stereocenters. The second kappa shape index (κ2) is 17.0. The number of nitrogens with zero attached hydrogens (tertiary/aromatic N) is 3. The average Bonchev–Trinajstić information content (AvgIpc) is 3.88. The largest absolute Gasteiger partial charge is 0.250 e. The van der Waals surface area contributed by atoms with Crippen LogP contribution in [0.2, 0.25) is 12.1 Å². The van der Waals surface area contributed by atoms with E-state index in [4.69, 9.17) is 15.0 Å². The second-order valence-electron chi connectivity index (χ2n) is 14.2. The van der Waals surface area contributed by atoms with Crippen molar-refractivity contribution in [2.45, 2.75) is 155 Å². The molecule has 2 unspecified atom stereocenters. The van der Waals surface area contributed by atoms with E-state index in [0.29, 0.717) is 18.3 Å². The second-order valence-corrected chi connectivity index (χ2v) is 24.8. The molecular weight excluding hydrogens is 707 g/mol. The first kappa shape index (κ1) is 38.3. The van der Waals surface area contributed by atoms with Crippen molar-refractivity contribution in [2.75, 3.05) is 5.75 Å². The molecule has 48 heavy (non-hydrogen) atoms. The third kappa shape index (κ3) is 8.06. The Balaban J connectivity index is 1.55. The lowest BCUT2D eigenvalue weighted by molar-refractivity contribution is 0.468. The maximum absolute atomic E-state index is 13.4. The van der Waals surface area contributed by atoms with Crippen LogP contribution in [0.1, 0.15) is 134 Å². The van der Waals surface area contributed by atoms with Gasteiger partial charge in [-0.2, -0.15) is 0 Å². The number of aromatic nitrogens is 3. The fourth-order valence-corrected chi connectivity index (χ4v) is 21.6. The molecule has 0 amide bonds. The van der Waals surface area contributed by atoms with Crippen molar-refractivity contribution >= 4 is 84.1 Å². The molecular formula is C37H57N3O2S5Si. The molecule has 0 fully saturated rings. The highest BCUT2D eigenvalue weighted by atomic mass is 32.2. The van der Waals surface area contributed by atoms with Crippen molar-refractivity contribution in [3.05, 3.63) is 9.88 Å². The van der Waals surface area contributed by atoms with E-state index in [0.717, 1.165) is 37.8 Å². The molecule has 266 valence electrons. The van der Waals surface area contributed by atoms with Gasteiger partial charge in [0.05, 0.1) is 46.2 Å². The minimum Gasteiger partial charge on any atom is -0.250 e. The normalized spacial score (nSPS) is 17.3. The number of aryl methyl sites for hydroxylation is 2. The Morgan fingerprint density at radius 3 is 1.85 bits per heavy atom. The Bertz CT molecular complexity index is 1730. The van der Waals surface area contributed by atoms with E-state index in [1.807, 2.05) is 22.7 Å². The summed E-state index contributed by atoms with van der Waals surface area (Å²) in [4.78, 5) is 20.8. The van der Waals surface area contributed by atoms with Crippen molar-refractivity contribution in [1.82, 2.24) is 15.0 Å². The van der Waals surface area contributed by atoms with Crippen molar-refractivity contribution < 1.29 is 8.42 Å². The Morgan fingerprint density at radius 2 is 1.23 bits per heavy atom. The van der Waals surface area contributed by atoms with Gasteiger partial charge in [0.1, 0.15) is 5.01 Å². The van der Waals surface area contributed by atoms with E-state index in [1.165, 1.54) is 119 Å². The Kier molecular flexibility index (Phi) is 13.6. The predicted octanol–water partition coefficient (Wildman–Crippen LogP) is 11.7. The average molecular weight is 764 g/mol. The number of hydrogen-bond donors (Lipinski definition) is 0. The van der Waals surface area contributed by atoms with Crippen LogP contribution in [0.5, 0.6) is 0 Å². The number of hydrogen-bond acceptors (Lipinski definition) is 9. The molecule has 4 aromatic heterocycles. The number of unbranched alkanes of at least 4 members (excludes halogenated alkanes) is 7. The van der Waals surface area contributed by atoms with Crippen LogP contribution in [0, 0.1) is 25.7 Å². The Labute approximate surface area is 307 Å². The van der Waals surface area contributed by atoms with Crippen molar-refractivity contribution in [1.29, 1.82) is 0 Å². The molecule has 11 heteroatoms. The lowest BCUT2D eigenvalue weighted by atomic mass is 10.0. The summed E-state index contributed by atoms with van der Waals surface area (Å²) in [5.41, 5.74) is 0.853. The standard InChI is InChI=1S/C37H57N3O2S5Si/c1-8-13-16-17-18-19-22-47(41,42)37-39-29-25(6)43-31(30(29)46-37)34-40-36-33(45-34)32-35(38-26(7)44-32)48(36,23-27(11-4)20-14-9-2)24-28(12-5)21-15-10-3/h27-28H,8-24H2,1-7H3. The predicted molar refractivity (Wildman–Crippen MR) is 216 cm³/mol. The van der Waals surface area contributed by atoms with Crippen LogP contribution in [-0.4, -0.2) is 37.2 Å². The van der Waals surface area contributed by atoms with Gasteiger partial charge in [0.15, 0.2) is 8.07 Å². The van der Waals surface area contributed by atoms with Crippen molar-refractivity contribution in [3.63, 3.8) is 0 Å². The summed E-state index contributed by atoms with van der Waals surface area (Å²) in [6.07, 6.45) is 16.5. The van der Waals surface area contributed by atoms with Crippen LogP contribution in [0.25, 0.3) is 29.9 Å². The first-order valence-electron chi connectivity index (χ1n) is 18.7. The Morgan fingerprint density at radius 1 is 0.646 bits per heavy atom. The zero-order valence-corrected chi connectivity index (χ0v) is 35.5. The van der Waals surface area contributed by atoms with Gasteiger partial charge in [-0.1, -0.05) is 118 Å². The van der Waals surface area contributed by atoms with Gasteiger partial charge >= 0.3 is 0 Å². The molecule has 0 saturated carbocycles. The molecule has 0 bridgehead atoms. The number of rotatable bonds is 21. The van der Waals surface area contributed by atoms with E-state index in [9.17, 15) is 8.42 Å². The van der Waals surface area contributed by atoms with E-state index in [1.54, 1.807) is 11.3 Å². The quantitative estimate of drug-likeness (QED) is 0.0624. The molecule has 0 aliphatic carbocycles. The van der Waals surface area contributed by atoms with E-state index in [-0.39, 0.29) is 10.1 Å². The van der Waals surface area contributed by atoms with Gasteiger partial charge in [0.25, 0.3) is 0 Å². The zero-order valence-electron chi connectivity index (χ0n) is 30.4. The molecule has 0 N–H and O–H groups in total. The summed E-state index contributed by atoms with van der Waals surface area (Å²) < 4.78 is 28.2. The van der Waals surface area contributed by atoms with E-state index < -0.39 is 17.9 Å². The van der Waals surface area contributed by atoms with Gasteiger partial charge in [-0.05, 0) is 44.2 Å². The van der Waals surface area contributed by atoms with E-state index >= 15 is 0 Å². The topological polar surface area (TPSA) is 72.8 Å². The molecule has 1 aliphatic heterocycles. The van der Waals surface area contributed by atoms with E-state index in [2.05, 4.69) is 48.5 Å². The minimum absolute atomic E-state index is 0.188. The molecule has 0 spiro atoms. The van der Waals surface area contributed by atoms with Gasteiger partial charge < -0.3 is 0 Å². The fourth-order valence-electron chi connectivity index (χ4n) is 7.63. The summed E-state index contributed by atoms with van der Waals surface area (Å²) in [6, 6.07) is 2.50. The zero-order chi connectivity index (χ0) is 34.5. The van der Waals surface area contributed by atoms with Gasteiger partial charge in [0.2, 0.25) is 14.2 Å². The summed E-state index contributed by atoms with van der Waals surface area (Å²) in [5.74, 6) is 1.58. The van der Waals surface area contributed by atoms with Gasteiger partial charge in [-0.25, -0.2) is 18.4 Å². The highest BCUT2D eigenvalue weighted by Gasteiger charge is 2.53.